The van der Waals surface area contributed by atoms with Crippen molar-refractivity contribution in [2.24, 2.45) is 0 Å². The largest absolute Gasteiger partial charge is 0.481 e. The number of aryl methyl sites for hydroxylation is 1. The molecule has 1 aromatic heterocycles. The third-order valence-electron chi connectivity index (χ3n) is 3.90. The predicted octanol–water partition coefficient (Wildman–Crippen LogP) is 4.17. The summed E-state index contributed by atoms with van der Waals surface area (Å²) in [6, 6.07) is 11.5. The van der Waals surface area contributed by atoms with Gasteiger partial charge in [-0.05, 0) is 49.2 Å². The fraction of sp³-hybridized carbons (Fsp3) is 0.200. The van der Waals surface area contributed by atoms with Gasteiger partial charge in [0.15, 0.2) is 6.61 Å². The number of hydrogen-bond acceptors (Lipinski definition) is 7. The van der Waals surface area contributed by atoms with E-state index in [1.54, 1.807) is 44.3 Å². The molecule has 0 amide bonds. The van der Waals surface area contributed by atoms with Crippen molar-refractivity contribution in [1.82, 2.24) is 4.98 Å². The van der Waals surface area contributed by atoms with Gasteiger partial charge < -0.3 is 13.9 Å². The van der Waals surface area contributed by atoms with E-state index in [1.165, 1.54) is 12.1 Å². The van der Waals surface area contributed by atoms with Crippen LogP contribution < -0.4 is 4.74 Å². The lowest BCUT2D eigenvalue weighted by Gasteiger charge is -2.11. The maximum atomic E-state index is 11.7. The second-order valence-electron chi connectivity index (χ2n) is 5.88. The smallest absolute Gasteiger partial charge is 0.344 e. The molecular weight excluding hydrogens is 364 g/mol. The van der Waals surface area contributed by atoms with Crippen molar-refractivity contribution in [3.8, 4) is 28.3 Å². The second-order valence-corrected chi connectivity index (χ2v) is 5.88. The molecular formula is C20H18N2O6. The summed E-state index contributed by atoms with van der Waals surface area (Å²) in [4.78, 5) is 26.3. The lowest BCUT2D eigenvalue weighted by molar-refractivity contribution is -0.384. The van der Waals surface area contributed by atoms with Crippen LogP contribution in [-0.4, -0.2) is 29.1 Å². The lowest BCUT2D eigenvalue weighted by atomic mass is 10.0. The molecule has 0 spiro atoms. The molecule has 3 rings (SSSR count). The van der Waals surface area contributed by atoms with E-state index >= 15 is 0 Å². The van der Waals surface area contributed by atoms with Crippen molar-refractivity contribution in [3.05, 3.63) is 64.5 Å². The molecule has 1 heterocycles. The number of esters is 1. The number of nitro benzene ring substituents is 1. The van der Waals surface area contributed by atoms with Gasteiger partial charge in [0, 0.05) is 12.1 Å². The van der Waals surface area contributed by atoms with Crippen LogP contribution in [-0.2, 0) is 9.53 Å². The average molecular weight is 382 g/mol. The third-order valence-corrected chi connectivity index (χ3v) is 3.90. The Morgan fingerprint density at radius 3 is 2.50 bits per heavy atom. The van der Waals surface area contributed by atoms with Crippen molar-refractivity contribution in [3.63, 3.8) is 0 Å². The van der Waals surface area contributed by atoms with Crippen LogP contribution in [0.2, 0.25) is 0 Å². The van der Waals surface area contributed by atoms with E-state index in [9.17, 15) is 14.9 Å². The molecule has 144 valence electrons. The third kappa shape index (κ3) is 4.35. The van der Waals surface area contributed by atoms with Gasteiger partial charge in [-0.1, -0.05) is 6.07 Å². The molecule has 3 aromatic rings. The van der Waals surface area contributed by atoms with Crippen LogP contribution in [0.3, 0.4) is 0 Å². The minimum absolute atomic E-state index is 0.00872. The lowest BCUT2D eigenvalue weighted by Crippen LogP contribution is -2.15. The Labute approximate surface area is 160 Å². The van der Waals surface area contributed by atoms with Crippen LogP contribution in [0.4, 0.5) is 5.69 Å². The highest BCUT2D eigenvalue weighted by atomic mass is 16.6. The van der Waals surface area contributed by atoms with E-state index in [0.29, 0.717) is 23.0 Å². The van der Waals surface area contributed by atoms with Crippen molar-refractivity contribution in [2.45, 2.75) is 13.8 Å². The average Bonchev–Trinajstić information content (AvgIpc) is 3.12. The number of aromatic nitrogens is 1. The summed E-state index contributed by atoms with van der Waals surface area (Å²) < 4.78 is 16.1. The molecule has 0 aliphatic carbocycles. The maximum Gasteiger partial charge on any atom is 0.344 e. The molecule has 0 atom stereocenters. The van der Waals surface area contributed by atoms with E-state index < -0.39 is 10.9 Å². The van der Waals surface area contributed by atoms with Crippen molar-refractivity contribution >= 4 is 11.7 Å². The molecule has 0 aliphatic heterocycles. The second kappa shape index (κ2) is 8.34. The fourth-order valence-electron chi connectivity index (χ4n) is 2.59. The molecule has 0 bridgehead atoms. The zero-order chi connectivity index (χ0) is 20.1. The molecule has 0 unspecified atom stereocenters. The molecule has 8 nitrogen and oxygen atoms in total. The molecule has 0 saturated heterocycles. The Morgan fingerprint density at radius 2 is 1.89 bits per heavy atom. The first-order valence-corrected chi connectivity index (χ1v) is 8.58. The summed E-state index contributed by atoms with van der Waals surface area (Å²) in [5.41, 5.74) is 2.12. The van der Waals surface area contributed by atoms with Crippen molar-refractivity contribution in [2.75, 3.05) is 13.2 Å². The van der Waals surface area contributed by atoms with Crippen LogP contribution in [0.1, 0.15) is 12.7 Å². The zero-order valence-corrected chi connectivity index (χ0v) is 15.4. The Hall–Kier alpha value is -3.68. The molecule has 2 aromatic carbocycles. The van der Waals surface area contributed by atoms with Crippen LogP contribution in [0.5, 0.6) is 5.75 Å². The number of nitrogens with zero attached hydrogens (tertiary/aromatic N) is 2. The number of ether oxygens (including phenoxy) is 2. The Balaban J connectivity index is 1.95. The summed E-state index contributed by atoms with van der Waals surface area (Å²) in [5, 5.41) is 10.8. The van der Waals surface area contributed by atoms with Crippen LogP contribution in [0.25, 0.3) is 22.6 Å². The van der Waals surface area contributed by atoms with Crippen LogP contribution in [0.15, 0.2) is 53.1 Å². The summed E-state index contributed by atoms with van der Waals surface area (Å²) in [5.74, 6) is 0.918. The SMILES string of the molecule is CCOC(=O)COc1cc(-c2ccc([N+](=O)[O-])cc2)ccc1-c1ncc(C)o1. The quantitative estimate of drug-likeness (QED) is 0.343. The highest BCUT2D eigenvalue weighted by molar-refractivity contribution is 5.75. The minimum atomic E-state index is -0.488. The molecule has 0 fully saturated rings. The number of rotatable bonds is 7. The molecule has 0 aliphatic rings. The molecule has 0 saturated carbocycles. The van der Waals surface area contributed by atoms with Crippen LogP contribution >= 0.6 is 0 Å². The number of hydrogen-bond donors (Lipinski definition) is 0. The van der Waals surface area contributed by atoms with E-state index in [1.807, 2.05) is 6.07 Å². The number of carbonyl (C=O) groups is 1. The van der Waals surface area contributed by atoms with E-state index in [4.69, 9.17) is 13.9 Å². The van der Waals surface area contributed by atoms with Gasteiger partial charge in [0.25, 0.3) is 5.69 Å². The number of nitro groups is 1. The van der Waals surface area contributed by atoms with E-state index in [-0.39, 0.29) is 18.9 Å². The summed E-state index contributed by atoms with van der Waals surface area (Å²) in [6.45, 7) is 3.50. The van der Waals surface area contributed by atoms with Gasteiger partial charge in [-0.25, -0.2) is 9.78 Å². The standard InChI is InChI=1S/C20H18N2O6/c1-3-26-19(23)12-27-18-10-15(14-4-7-16(8-5-14)22(24)25)6-9-17(18)20-21-11-13(2)28-20/h4-11H,3,12H2,1-2H3. The topological polar surface area (TPSA) is 105 Å². The van der Waals surface area contributed by atoms with Gasteiger partial charge in [-0.3, -0.25) is 10.1 Å². The van der Waals surface area contributed by atoms with Crippen molar-refractivity contribution in [1.29, 1.82) is 0 Å². The Morgan fingerprint density at radius 1 is 1.18 bits per heavy atom. The monoisotopic (exact) mass is 382 g/mol. The highest BCUT2D eigenvalue weighted by Gasteiger charge is 2.15. The van der Waals surface area contributed by atoms with E-state index in [0.717, 1.165) is 11.1 Å². The Kier molecular flexibility index (Phi) is 5.69. The molecule has 0 N–H and O–H groups in total. The number of benzene rings is 2. The minimum Gasteiger partial charge on any atom is -0.481 e. The number of oxazole rings is 1. The first-order valence-electron chi connectivity index (χ1n) is 8.58. The fourth-order valence-corrected chi connectivity index (χ4v) is 2.59. The first kappa shape index (κ1) is 19.1. The summed E-state index contributed by atoms with van der Waals surface area (Å²) in [7, 11) is 0. The molecule has 8 heteroatoms. The van der Waals surface area contributed by atoms with Gasteiger partial charge in [0.2, 0.25) is 5.89 Å². The number of non-ortho nitro benzene ring substituents is 1. The Bertz CT molecular complexity index is 994. The molecule has 0 radical (unpaired) electrons. The number of carbonyl (C=O) groups excluding carboxylic acids is 1. The van der Waals surface area contributed by atoms with Gasteiger partial charge in [-0.15, -0.1) is 0 Å². The molecule has 28 heavy (non-hydrogen) atoms. The first-order chi connectivity index (χ1) is 13.5. The van der Waals surface area contributed by atoms with Gasteiger partial charge in [0.05, 0.1) is 23.3 Å². The maximum absolute atomic E-state index is 11.7. The predicted molar refractivity (Wildman–Crippen MR) is 101 cm³/mol. The van der Waals surface area contributed by atoms with Gasteiger partial charge in [0.1, 0.15) is 11.5 Å². The summed E-state index contributed by atoms with van der Waals surface area (Å²) >= 11 is 0. The normalized spacial score (nSPS) is 10.5. The van der Waals surface area contributed by atoms with Gasteiger partial charge in [-0.2, -0.15) is 0 Å². The van der Waals surface area contributed by atoms with Crippen molar-refractivity contribution < 1.29 is 23.6 Å². The van der Waals surface area contributed by atoms with E-state index in [2.05, 4.69) is 4.98 Å². The van der Waals surface area contributed by atoms with Crippen LogP contribution in [0, 0.1) is 17.0 Å². The van der Waals surface area contributed by atoms with Gasteiger partial charge >= 0.3 is 5.97 Å². The summed E-state index contributed by atoms with van der Waals surface area (Å²) in [6.07, 6.45) is 1.59. The zero-order valence-electron chi connectivity index (χ0n) is 15.4. The highest BCUT2D eigenvalue weighted by Crippen LogP contribution is 2.34.